The predicted molar refractivity (Wildman–Crippen MR) is 53.1 cm³/mol. The minimum atomic E-state index is 1.18. The summed E-state index contributed by atoms with van der Waals surface area (Å²) in [7, 11) is 0. The van der Waals surface area contributed by atoms with Crippen molar-refractivity contribution in [3.05, 3.63) is 5.21 Å². The highest BCUT2D eigenvalue weighted by atomic mass is 16.4. The third kappa shape index (κ3) is 1.87. The quantitative estimate of drug-likeness (QED) is 0.339. The first-order valence-corrected chi connectivity index (χ1v) is 5.46. The Bertz CT molecular complexity index is 134. The van der Waals surface area contributed by atoms with Crippen LogP contribution in [-0.2, 0) is 0 Å². The highest BCUT2D eigenvalue weighted by Crippen LogP contribution is 2.53. The Balaban J connectivity index is 0.000000196. The van der Waals surface area contributed by atoms with E-state index in [1.165, 1.54) is 28.8 Å². The highest BCUT2D eigenvalue weighted by molar-refractivity contribution is 5.12. The second kappa shape index (κ2) is 3.69. The molecule has 0 aromatic heterocycles. The molecule has 2 nitrogen and oxygen atoms in total. The second-order valence-corrected chi connectivity index (χ2v) is 5.02. The Morgan fingerprint density at radius 1 is 0.769 bits per heavy atom. The first kappa shape index (κ1) is 9.04. The lowest BCUT2D eigenvalue weighted by atomic mass is 9.56. The summed E-state index contributed by atoms with van der Waals surface area (Å²) in [5.41, 5.74) is 0. The first-order valence-electron chi connectivity index (χ1n) is 5.46. The molecule has 2 heteroatoms. The minimum Gasteiger partial charge on any atom is -0.626 e. The fourth-order valence-corrected chi connectivity index (χ4v) is 3.98. The molecule has 4 fully saturated rings. The van der Waals surface area contributed by atoms with E-state index in [2.05, 4.69) is 6.72 Å². The Morgan fingerprint density at radius 2 is 0.923 bits per heavy atom. The van der Waals surface area contributed by atoms with Crippen molar-refractivity contribution in [3.63, 3.8) is 0 Å². The summed E-state index contributed by atoms with van der Waals surface area (Å²) in [5, 5.41) is 9.82. The van der Waals surface area contributed by atoms with Crippen molar-refractivity contribution >= 4 is 6.72 Å². The lowest BCUT2D eigenvalue weighted by Gasteiger charge is -2.49. The van der Waals surface area contributed by atoms with Gasteiger partial charge in [0.25, 0.3) is 0 Å². The van der Waals surface area contributed by atoms with Crippen molar-refractivity contribution in [2.24, 2.45) is 23.7 Å². The van der Waals surface area contributed by atoms with Crippen LogP contribution in [0.4, 0.5) is 0 Å². The lowest BCUT2D eigenvalue weighted by molar-refractivity contribution is -0.361. The van der Waals surface area contributed by atoms with Crippen molar-refractivity contribution in [2.45, 2.75) is 38.5 Å². The molecule has 1 N–H and O–H groups in total. The molecule has 4 aliphatic rings. The summed E-state index contributed by atoms with van der Waals surface area (Å²) >= 11 is 0. The molecule has 0 aliphatic heterocycles. The van der Waals surface area contributed by atoms with Crippen molar-refractivity contribution in [2.75, 3.05) is 0 Å². The minimum absolute atomic E-state index is 1.18. The summed E-state index contributed by atoms with van der Waals surface area (Å²) in [6.07, 6.45) is 9.62. The van der Waals surface area contributed by atoms with Gasteiger partial charge in [0.2, 0.25) is 0 Å². The average Bonchev–Trinajstić information content (AvgIpc) is 2.01. The van der Waals surface area contributed by atoms with E-state index < -0.39 is 0 Å². The molecule has 74 valence electrons. The molecule has 4 bridgehead atoms. The van der Waals surface area contributed by atoms with E-state index >= 15 is 0 Å². The molecule has 4 aliphatic carbocycles. The fourth-order valence-electron chi connectivity index (χ4n) is 3.98. The van der Waals surface area contributed by atoms with Gasteiger partial charge in [0.1, 0.15) is 6.72 Å². The molecule has 0 atom stereocenters. The summed E-state index contributed by atoms with van der Waals surface area (Å²) in [5.74, 6) is 4.71. The van der Waals surface area contributed by atoms with Gasteiger partial charge in [0, 0.05) is 0 Å². The summed E-state index contributed by atoms with van der Waals surface area (Å²) < 4.78 is 0. The van der Waals surface area contributed by atoms with Crippen LogP contribution in [0.15, 0.2) is 0 Å². The average molecular weight is 181 g/mol. The third-order valence-electron chi connectivity index (χ3n) is 4.00. The van der Waals surface area contributed by atoms with E-state index in [1.54, 1.807) is 38.5 Å². The second-order valence-electron chi connectivity index (χ2n) is 5.02. The molecule has 4 saturated carbocycles. The topological polar surface area (TPSA) is 37.0 Å². The SMILES string of the molecule is C1C2CC3CC1CC(C2)C3.C=[NH+][O-]. The Hall–Kier alpha value is -0.530. The molecule has 0 saturated heterocycles. The monoisotopic (exact) mass is 181 g/mol. The summed E-state index contributed by atoms with van der Waals surface area (Å²) in [6, 6.07) is 0. The number of hydrogen-bond donors (Lipinski definition) is 1. The standard InChI is InChI=1S/C10H16.CH3NO/c1-7-2-9-4-8(1)5-10(3-7)6-9;1-2-3/h7-10H,1-6H2;2H,1H2. The summed E-state index contributed by atoms with van der Waals surface area (Å²) in [6.45, 7) is 2.68. The normalized spacial score (nSPS) is 45.2. The zero-order valence-corrected chi connectivity index (χ0v) is 8.17. The maximum Gasteiger partial charge on any atom is 0.136 e. The van der Waals surface area contributed by atoms with Crippen molar-refractivity contribution < 1.29 is 5.16 Å². The van der Waals surface area contributed by atoms with Gasteiger partial charge in [-0.2, -0.15) is 0 Å². The van der Waals surface area contributed by atoms with Crippen LogP contribution in [-0.4, -0.2) is 6.72 Å². The van der Waals surface area contributed by atoms with Gasteiger partial charge in [-0.1, -0.05) is 0 Å². The van der Waals surface area contributed by atoms with Gasteiger partial charge in [-0.25, -0.2) is 5.16 Å². The molecule has 0 aromatic carbocycles. The van der Waals surface area contributed by atoms with Crippen LogP contribution in [0, 0.1) is 28.9 Å². The molecule has 0 radical (unpaired) electrons. The number of nitrogens with one attached hydrogen (secondary N) is 1. The lowest BCUT2D eigenvalue weighted by Crippen LogP contribution is -2.56. The van der Waals surface area contributed by atoms with Gasteiger partial charge in [-0.15, -0.1) is 0 Å². The zero-order valence-electron chi connectivity index (χ0n) is 8.17. The molecule has 0 aromatic rings. The van der Waals surface area contributed by atoms with E-state index in [0.717, 1.165) is 0 Å². The van der Waals surface area contributed by atoms with Gasteiger partial charge in [0.05, 0.1) is 0 Å². The largest absolute Gasteiger partial charge is 0.626 e. The molecule has 13 heavy (non-hydrogen) atoms. The van der Waals surface area contributed by atoms with Crippen LogP contribution >= 0.6 is 0 Å². The van der Waals surface area contributed by atoms with Crippen LogP contribution in [0.3, 0.4) is 0 Å². The van der Waals surface area contributed by atoms with Crippen molar-refractivity contribution in [1.82, 2.24) is 0 Å². The smallest absolute Gasteiger partial charge is 0.136 e. The van der Waals surface area contributed by atoms with Gasteiger partial charge in [-0.05, 0) is 62.2 Å². The maximum absolute atomic E-state index is 8.57. The van der Waals surface area contributed by atoms with Gasteiger partial charge >= 0.3 is 0 Å². The van der Waals surface area contributed by atoms with Crippen LogP contribution in [0.25, 0.3) is 0 Å². The van der Waals surface area contributed by atoms with Gasteiger partial charge in [-0.3, -0.25) is 0 Å². The van der Waals surface area contributed by atoms with Crippen molar-refractivity contribution in [1.29, 1.82) is 0 Å². The van der Waals surface area contributed by atoms with E-state index in [9.17, 15) is 0 Å². The van der Waals surface area contributed by atoms with Crippen molar-refractivity contribution in [3.8, 4) is 0 Å². The third-order valence-corrected chi connectivity index (χ3v) is 4.00. The predicted octanol–water partition coefficient (Wildman–Crippen LogP) is 1.10. The molecular weight excluding hydrogens is 162 g/mol. The van der Waals surface area contributed by atoms with Crippen LogP contribution in [0.1, 0.15) is 38.5 Å². The van der Waals surface area contributed by atoms with E-state index in [-0.39, 0.29) is 0 Å². The Labute approximate surface area is 80.0 Å². The highest BCUT2D eigenvalue weighted by Gasteiger charge is 2.41. The first-order chi connectivity index (χ1) is 6.31. The number of rotatable bonds is 0. The Morgan fingerprint density at radius 3 is 1.08 bits per heavy atom. The molecule has 0 spiro atoms. The van der Waals surface area contributed by atoms with E-state index in [1.807, 2.05) is 0 Å². The molecular formula is C11H19NO. The molecule has 0 heterocycles. The Kier molecular flexibility index (Phi) is 2.56. The van der Waals surface area contributed by atoms with Gasteiger partial charge < -0.3 is 5.21 Å². The molecule has 0 unspecified atom stereocenters. The maximum atomic E-state index is 8.57. The van der Waals surface area contributed by atoms with E-state index in [4.69, 9.17) is 5.21 Å². The van der Waals surface area contributed by atoms with Crippen LogP contribution in [0.5, 0.6) is 0 Å². The van der Waals surface area contributed by atoms with Crippen LogP contribution < -0.4 is 5.16 Å². The van der Waals surface area contributed by atoms with E-state index in [0.29, 0.717) is 0 Å². The van der Waals surface area contributed by atoms with Crippen LogP contribution in [0.2, 0.25) is 0 Å². The molecule has 4 rings (SSSR count). The fraction of sp³-hybridized carbons (Fsp3) is 0.909. The van der Waals surface area contributed by atoms with Gasteiger partial charge in [0.15, 0.2) is 0 Å². The molecule has 0 amide bonds. The number of hydrogen-bond acceptors (Lipinski definition) is 1. The summed E-state index contributed by atoms with van der Waals surface area (Å²) in [4.78, 5) is 0. The zero-order chi connectivity index (χ0) is 9.26.